The zero-order valence-corrected chi connectivity index (χ0v) is 10.9. The van der Waals surface area contributed by atoms with Crippen molar-refractivity contribution in [2.45, 2.75) is 12.5 Å². The lowest BCUT2D eigenvalue weighted by Gasteiger charge is -2.34. The minimum absolute atomic E-state index is 0.0188. The summed E-state index contributed by atoms with van der Waals surface area (Å²) in [6.45, 7) is 1.25. The van der Waals surface area contributed by atoms with Gasteiger partial charge in [0.05, 0.1) is 11.1 Å². The highest BCUT2D eigenvalue weighted by molar-refractivity contribution is 6.31. The Morgan fingerprint density at radius 3 is 2.89 bits per heavy atom. The number of benzene rings is 1. The third-order valence-electron chi connectivity index (χ3n) is 3.99. The number of carbonyl (C=O) groups is 1. The van der Waals surface area contributed by atoms with Crippen LogP contribution in [0, 0.1) is 17.7 Å². The summed E-state index contributed by atoms with van der Waals surface area (Å²) >= 11 is 5.66. The summed E-state index contributed by atoms with van der Waals surface area (Å²) in [6, 6.07) is 3.84. The molecule has 0 bridgehead atoms. The maximum atomic E-state index is 13.0. The maximum Gasteiger partial charge on any atom is 0.321 e. The molecule has 1 aliphatic heterocycles. The third kappa shape index (κ3) is 2.28. The Balaban J connectivity index is 1.64. The normalized spacial score (nSPS) is 28.8. The summed E-state index contributed by atoms with van der Waals surface area (Å²) in [7, 11) is 0. The van der Waals surface area contributed by atoms with E-state index in [4.69, 9.17) is 11.6 Å². The number of nitrogens with one attached hydrogen (secondary N) is 1. The van der Waals surface area contributed by atoms with Crippen molar-refractivity contribution in [2.24, 2.45) is 11.8 Å². The first kappa shape index (κ1) is 12.7. The van der Waals surface area contributed by atoms with Crippen molar-refractivity contribution in [1.82, 2.24) is 4.90 Å². The van der Waals surface area contributed by atoms with E-state index in [-0.39, 0.29) is 23.1 Å². The molecule has 4 nitrogen and oxygen atoms in total. The molecule has 2 aliphatic rings. The van der Waals surface area contributed by atoms with Gasteiger partial charge < -0.3 is 15.3 Å². The zero-order chi connectivity index (χ0) is 13.6. The molecule has 3 atom stereocenters. The molecular weight excluding hydrogens is 271 g/mol. The van der Waals surface area contributed by atoms with Crippen LogP contribution >= 0.6 is 11.6 Å². The van der Waals surface area contributed by atoms with E-state index >= 15 is 0 Å². The molecule has 3 rings (SSSR count). The number of hydrogen-bond donors (Lipinski definition) is 2. The number of aliphatic hydroxyl groups is 1. The van der Waals surface area contributed by atoms with Gasteiger partial charge in [-0.05, 0) is 30.5 Å². The molecule has 0 unspecified atom stereocenters. The van der Waals surface area contributed by atoms with Crippen LogP contribution in [0.1, 0.15) is 6.42 Å². The molecule has 1 aromatic carbocycles. The monoisotopic (exact) mass is 284 g/mol. The summed E-state index contributed by atoms with van der Waals surface area (Å²) in [5.74, 6) is 0.113. The number of hydrogen-bond acceptors (Lipinski definition) is 2. The number of rotatable bonds is 1. The summed E-state index contributed by atoms with van der Waals surface area (Å²) in [5.41, 5.74) is 0.469. The van der Waals surface area contributed by atoms with Gasteiger partial charge in [0.1, 0.15) is 5.82 Å². The highest BCUT2D eigenvalue weighted by Gasteiger charge is 2.47. The lowest BCUT2D eigenvalue weighted by molar-refractivity contribution is -0.00421. The molecule has 0 spiro atoms. The first-order valence-corrected chi connectivity index (χ1v) is 6.61. The fraction of sp³-hybridized carbons (Fsp3) is 0.462. The standard InChI is InChI=1S/C13H14ClFN2O2/c14-10-4-8(1-2-11(10)15)16-13(19)17-5-7-3-12(18)9(7)6-17/h1-2,4,7,9,12,18H,3,5-6H2,(H,16,19)/t7-,9+,12+/m1/s1. The topological polar surface area (TPSA) is 52.6 Å². The van der Waals surface area contributed by atoms with E-state index in [1.165, 1.54) is 18.2 Å². The average Bonchev–Trinajstić information content (AvgIpc) is 2.71. The summed E-state index contributed by atoms with van der Waals surface area (Å²) in [5, 5.41) is 12.2. The molecule has 102 valence electrons. The summed E-state index contributed by atoms with van der Waals surface area (Å²) < 4.78 is 13.0. The highest BCUT2D eigenvalue weighted by atomic mass is 35.5. The Hall–Kier alpha value is -1.33. The first-order chi connectivity index (χ1) is 9.04. The van der Waals surface area contributed by atoms with Crippen LogP contribution in [-0.2, 0) is 0 Å². The molecule has 6 heteroatoms. The summed E-state index contributed by atoms with van der Waals surface area (Å²) in [4.78, 5) is 13.7. The zero-order valence-electron chi connectivity index (χ0n) is 10.1. The van der Waals surface area contributed by atoms with E-state index in [1.807, 2.05) is 0 Å². The predicted octanol–water partition coefficient (Wildman–Crippen LogP) is 2.32. The fourth-order valence-electron chi connectivity index (χ4n) is 2.81. The van der Waals surface area contributed by atoms with E-state index in [2.05, 4.69) is 5.32 Å². The van der Waals surface area contributed by atoms with Crippen molar-refractivity contribution in [3.63, 3.8) is 0 Å². The molecule has 2 N–H and O–H groups in total. The number of anilines is 1. The second-order valence-electron chi connectivity index (χ2n) is 5.19. The van der Waals surface area contributed by atoms with Crippen LogP contribution in [0.25, 0.3) is 0 Å². The molecule has 1 heterocycles. The third-order valence-corrected chi connectivity index (χ3v) is 4.28. The van der Waals surface area contributed by atoms with Crippen molar-refractivity contribution in [2.75, 3.05) is 18.4 Å². The van der Waals surface area contributed by atoms with Crippen molar-refractivity contribution in [1.29, 1.82) is 0 Å². The van der Waals surface area contributed by atoms with Crippen LogP contribution in [0.4, 0.5) is 14.9 Å². The molecule has 2 amide bonds. The van der Waals surface area contributed by atoms with Crippen LogP contribution < -0.4 is 5.32 Å². The number of fused-ring (bicyclic) bond motifs is 1. The fourth-order valence-corrected chi connectivity index (χ4v) is 2.99. The Bertz CT molecular complexity index is 525. The van der Waals surface area contributed by atoms with Gasteiger partial charge in [0.2, 0.25) is 0 Å². The number of carbonyl (C=O) groups excluding carboxylic acids is 1. The Labute approximate surface area is 115 Å². The Kier molecular flexibility index (Phi) is 3.11. The van der Waals surface area contributed by atoms with Crippen LogP contribution in [-0.4, -0.2) is 35.2 Å². The van der Waals surface area contributed by atoms with Crippen molar-refractivity contribution in [3.8, 4) is 0 Å². The van der Waals surface area contributed by atoms with Gasteiger partial charge in [-0.1, -0.05) is 11.6 Å². The molecule has 0 radical (unpaired) electrons. The Morgan fingerprint density at radius 2 is 2.26 bits per heavy atom. The maximum absolute atomic E-state index is 13.0. The van der Waals surface area contributed by atoms with Crippen LogP contribution in [0.15, 0.2) is 18.2 Å². The minimum Gasteiger partial charge on any atom is -0.393 e. The van der Waals surface area contributed by atoms with Crippen molar-refractivity contribution in [3.05, 3.63) is 29.0 Å². The van der Waals surface area contributed by atoms with Gasteiger partial charge in [0.15, 0.2) is 0 Å². The van der Waals surface area contributed by atoms with Crippen LogP contribution in [0.3, 0.4) is 0 Å². The molecule has 1 aliphatic carbocycles. The van der Waals surface area contributed by atoms with Gasteiger partial charge in [0, 0.05) is 24.7 Å². The number of likely N-dealkylation sites (tertiary alicyclic amines) is 1. The molecule has 1 aromatic rings. The second-order valence-corrected chi connectivity index (χ2v) is 5.60. The second kappa shape index (κ2) is 4.65. The lowest BCUT2D eigenvalue weighted by atomic mass is 9.74. The van der Waals surface area contributed by atoms with Crippen LogP contribution in [0.5, 0.6) is 0 Å². The number of urea groups is 1. The molecule has 1 saturated heterocycles. The Morgan fingerprint density at radius 1 is 1.47 bits per heavy atom. The van der Waals surface area contributed by atoms with E-state index < -0.39 is 5.82 Å². The van der Waals surface area contributed by atoms with E-state index in [9.17, 15) is 14.3 Å². The first-order valence-electron chi connectivity index (χ1n) is 6.23. The van der Waals surface area contributed by atoms with E-state index in [0.717, 1.165) is 6.42 Å². The number of nitrogens with zero attached hydrogens (tertiary/aromatic N) is 1. The van der Waals surface area contributed by atoms with Crippen molar-refractivity contribution >= 4 is 23.3 Å². The van der Waals surface area contributed by atoms with E-state index in [1.54, 1.807) is 4.90 Å². The quantitative estimate of drug-likeness (QED) is 0.831. The van der Waals surface area contributed by atoms with Gasteiger partial charge in [-0.25, -0.2) is 9.18 Å². The molecule has 1 saturated carbocycles. The van der Waals surface area contributed by atoms with Gasteiger partial charge in [-0.3, -0.25) is 0 Å². The summed E-state index contributed by atoms with van der Waals surface area (Å²) in [6.07, 6.45) is 0.500. The largest absolute Gasteiger partial charge is 0.393 e. The molecule has 0 aromatic heterocycles. The highest BCUT2D eigenvalue weighted by Crippen LogP contribution is 2.40. The van der Waals surface area contributed by atoms with E-state index in [0.29, 0.717) is 24.7 Å². The van der Waals surface area contributed by atoms with Gasteiger partial charge in [0.25, 0.3) is 0 Å². The number of amides is 2. The SMILES string of the molecule is O=C(Nc1ccc(F)c(Cl)c1)N1C[C@H]2C[C@H](O)[C@H]2C1. The molecule has 2 fully saturated rings. The number of halogens is 2. The smallest absolute Gasteiger partial charge is 0.321 e. The van der Waals surface area contributed by atoms with Crippen LogP contribution in [0.2, 0.25) is 5.02 Å². The predicted molar refractivity (Wildman–Crippen MR) is 69.6 cm³/mol. The average molecular weight is 285 g/mol. The molecule has 19 heavy (non-hydrogen) atoms. The van der Waals surface area contributed by atoms with Gasteiger partial charge in [-0.2, -0.15) is 0 Å². The number of aliphatic hydroxyl groups excluding tert-OH is 1. The van der Waals surface area contributed by atoms with Gasteiger partial charge >= 0.3 is 6.03 Å². The molecular formula is C13H14ClFN2O2. The minimum atomic E-state index is -0.512. The van der Waals surface area contributed by atoms with Crippen molar-refractivity contribution < 1.29 is 14.3 Å². The van der Waals surface area contributed by atoms with Gasteiger partial charge in [-0.15, -0.1) is 0 Å². The lowest BCUT2D eigenvalue weighted by Crippen LogP contribution is -2.40.